The molecule has 134 valence electrons. The highest BCUT2D eigenvalue weighted by Gasteiger charge is 2.39. The molecule has 1 saturated carbocycles. The first-order valence-electron chi connectivity index (χ1n) is 8.12. The second kappa shape index (κ2) is 7.88. The molecule has 0 aromatic rings. The second-order valence-corrected chi connectivity index (χ2v) is 7.43. The fourth-order valence-electron chi connectivity index (χ4n) is 2.69. The van der Waals surface area contributed by atoms with Crippen LogP contribution in [0.1, 0.15) is 65.7 Å². The number of oxime groups is 1. The number of rotatable bonds is 5. The first-order chi connectivity index (χ1) is 11.0. The molecule has 0 aliphatic heterocycles. The van der Waals surface area contributed by atoms with Crippen LogP contribution in [0.3, 0.4) is 0 Å². The minimum atomic E-state index is -4.35. The fourth-order valence-corrected chi connectivity index (χ4v) is 2.69. The standard InChI is InChI=1S/C17H24F3N3O/c1-15(2,3)24-23-14-6-4-13(5-7-14)10-16(11-21,12-22)8-9-17(18,19)20/h13H,4-10H2,1-3H3. The van der Waals surface area contributed by atoms with Crippen molar-refractivity contribution in [2.75, 3.05) is 0 Å². The van der Waals surface area contributed by atoms with Crippen molar-refractivity contribution in [1.29, 1.82) is 10.5 Å². The van der Waals surface area contributed by atoms with Crippen molar-refractivity contribution >= 4 is 5.71 Å². The van der Waals surface area contributed by atoms with E-state index in [1.54, 1.807) is 0 Å². The minimum Gasteiger partial charge on any atom is -0.390 e. The Bertz CT molecular complexity index is 511. The van der Waals surface area contributed by atoms with Crippen LogP contribution in [-0.4, -0.2) is 17.5 Å². The van der Waals surface area contributed by atoms with Crippen molar-refractivity contribution in [1.82, 2.24) is 0 Å². The molecule has 0 aromatic carbocycles. The maximum Gasteiger partial charge on any atom is 0.389 e. The maximum atomic E-state index is 12.4. The normalized spacial score (nSPS) is 19.3. The van der Waals surface area contributed by atoms with Gasteiger partial charge in [-0.25, -0.2) is 0 Å². The summed E-state index contributed by atoms with van der Waals surface area (Å²) in [6.45, 7) is 5.70. The van der Waals surface area contributed by atoms with Crippen molar-refractivity contribution in [3.05, 3.63) is 0 Å². The summed E-state index contributed by atoms with van der Waals surface area (Å²) >= 11 is 0. The lowest BCUT2D eigenvalue weighted by molar-refractivity contribution is -0.138. The lowest BCUT2D eigenvalue weighted by Gasteiger charge is -2.29. The van der Waals surface area contributed by atoms with E-state index in [9.17, 15) is 23.7 Å². The van der Waals surface area contributed by atoms with Crippen LogP contribution >= 0.6 is 0 Å². The Labute approximate surface area is 141 Å². The highest BCUT2D eigenvalue weighted by Crippen LogP contribution is 2.39. The van der Waals surface area contributed by atoms with Gasteiger partial charge in [0, 0.05) is 6.42 Å². The molecule has 4 nitrogen and oxygen atoms in total. The van der Waals surface area contributed by atoms with Crippen LogP contribution in [0.2, 0.25) is 0 Å². The van der Waals surface area contributed by atoms with Crippen LogP contribution in [0.15, 0.2) is 5.16 Å². The molecule has 1 aliphatic carbocycles. The van der Waals surface area contributed by atoms with Gasteiger partial charge in [-0.15, -0.1) is 0 Å². The van der Waals surface area contributed by atoms with Crippen molar-refractivity contribution in [2.24, 2.45) is 16.5 Å². The van der Waals surface area contributed by atoms with Crippen LogP contribution in [-0.2, 0) is 4.84 Å². The molecule has 0 saturated heterocycles. The third-order valence-electron chi connectivity index (χ3n) is 4.03. The van der Waals surface area contributed by atoms with Gasteiger partial charge in [0.25, 0.3) is 0 Å². The zero-order valence-corrected chi connectivity index (χ0v) is 14.4. The lowest BCUT2D eigenvalue weighted by atomic mass is 9.73. The van der Waals surface area contributed by atoms with Gasteiger partial charge < -0.3 is 4.84 Å². The summed E-state index contributed by atoms with van der Waals surface area (Å²) in [5.74, 6) is 0.0612. The van der Waals surface area contributed by atoms with E-state index < -0.39 is 24.4 Å². The van der Waals surface area contributed by atoms with Crippen molar-refractivity contribution in [3.63, 3.8) is 0 Å². The molecule has 1 aliphatic rings. The first-order valence-corrected chi connectivity index (χ1v) is 8.12. The molecule has 0 N–H and O–H groups in total. The van der Waals surface area contributed by atoms with E-state index in [0.717, 1.165) is 5.71 Å². The van der Waals surface area contributed by atoms with Crippen molar-refractivity contribution in [2.45, 2.75) is 77.5 Å². The molecule has 7 heteroatoms. The monoisotopic (exact) mass is 343 g/mol. The number of hydrogen-bond acceptors (Lipinski definition) is 4. The molecule has 0 aromatic heterocycles. The van der Waals surface area contributed by atoms with E-state index in [4.69, 9.17) is 4.84 Å². The highest BCUT2D eigenvalue weighted by atomic mass is 19.4. The Hall–Kier alpha value is -1.76. The topological polar surface area (TPSA) is 69.2 Å². The molecule has 0 radical (unpaired) electrons. The van der Waals surface area contributed by atoms with Crippen LogP contribution in [0.25, 0.3) is 0 Å². The van der Waals surface area contributed by atoms with E-state index in [1.807, 2.05) is 32.9 Å². The Kier molecular flexibility index (Phi) is 6.66. The van der Waals surface area contributed by atoms with E-state index >= 15 is 0 Å². The number of nitrogens with zero attached hydrogens (tertiary/aromatic N) is 3. The third kappa shape index (κ3) is 7.21. The Morgan fingerprint density at radius 1 is 1.08 bits per heavy atom. The predicted octanol–water partition coefficient (Wildman–Crippen LogP) is 5.11. The molecule has 24 heavy (non-hydrogen) atoms. The molecule has 0 bridgehead atoms. The van der Waals surface area contributed by atoms with Crippen molar-refractivity contribution in [3.8, 4) is 12.1 Å². The zero-order chi connectivity index (χ0) is 18.4. The Morgan fingerprint density at radius 2 is 1.62 bits per heavy atom. The second-order valence-electron chi connectivity index (χ2n) is 7.43. The quantitative estimate of drug-likeness (QED) is 0.651. The smallest absolute Gasteiger partial charge is 0.389 e. The van der Waals surface area contributed by atoms with Crippen LogP contribution in [0.4, 0.5) is 13.2 Å². The summed E-state index contributed by atoms with van der Waals surface area (Å²) in [4.78, 5) is 5.38. The number of hydrogen-bond donors (Lipinski definition) is 0. The van der Waals surface area contributed by atoms with E-state index in [0.29, 0.717) is 25.7 Å². The van der Waals surface area contributed by atoms with Gasteiger partial charge in [0.15, 0.2) is 0 Å². The molecule has 0 heterocycles. The van der Waals surface area contributed by atoms with Gasteiger partial charge >= 0.3 is 6.18 Å². The number of nitriles is 2. The third-order valence-corrected chi connectivity index (χ3v) is 4.03. The van der Waals surface area contributed by atoms with Gasteiger partial charge in [-0.2, -0.15) is 23.7 Å². The Balaban J connectivity index is 2.60. The summed E-state index contributed by atoms with van der Waals surface area (Å²) in [6.07, 6.45) is -2.94. The lowest BCUT2D eigenvalue weighted by Crippen LogP contribution is -2.26. The first kappa shape index (κ1) is 20.3. The SMILES string of the molecule is CC(C)(C)ON=C1CCC(CC(C#N)(C#N)CCC(F)(F)F)CC1. The summed E-state index contributed by atoms with van der Waals surface area (Å²) in [7, 11) is 0. The maximum absolute atomic E-state index is 12.4. The molecule has 0 amide bonds. The summed E-state index contributed by atoms with van der Waals surface area (Å²) in [6, 6.07) is 3.65. The number of alkyl halides is 3. The van der Waals surface area contributed by atoms with Gasteiger partial charge in [-0.05, 0) is 65.2 Å². The highest BCUT2D eigenvalue weighted by molar-refractivity contribution is 5.84. The summed E-state index contributed by atoms with van der Waals surface area (Å²) < 4.78 is 37.3. The van der Waals surface area contributed by atoms with Gasteiger partial charge in [0.1, 0.15) is 11.0 Å². The van der Waals surface area contributed by atoms with E-state index in [-0.39, 0.29) is 17.9 Å². The van der Waals surface area contributed by atoms with Gasteiger partial charge in [-0.3, -0.25) is 0 Å². The molecular weight excluding hydrogens is 319 g/mol. The summed E-state index contributed by atoms with van der Waals surface area (Å²) in [5.41, 5.74) is -0.995. The largest absolute Gasteiger partial charge is 0.390 e. The van der Waals surface area contributed by atoms with E-state index in [1.165, 1.54) is 0 Å². The zero-order valence-electron chi connectivity index (χ0n) is 14.4. The fraction of sp³-hybridized carbons (Fsp3) is 0.824. The molecule has 0 atom stereocenters. The number of halogens is 3. The van der Waals surface area contributed by atoms with Crippen LogP contribution in [0.5, 0.6) is 0 Å². The minimum absolute atomic E-state index is 0.0612. The predicted molar refractivity (Wildman–Crippen MR) is 83.8 cm³/mol. The summed E-state index contributed by atoms with van der Waals surface area (Å²) in [5, 5.41) is 22.6. The van der Waals surface area contributed by atoms with Gasteiger partial charge in [0.05, 0.1) is 17.9 Å². The molecule has 0 unspecified atom stereocenters. The van der Waals surface area contributed by atoms with Gasteiger partial charge in [0.2, 0.25) is 0 Å². The average Bonchev–Trinajstić information content (AvgIpc) is 2.49. The molecule has 1 rings (SSSR count). The Morgan fingerprint density at radius 3 is 2.04 bits per heavy atom. The molecular formula is C17H24F3N3O. The van der Waals surface area contributed by atoms with Gasteiger partial charge in [-0.1, -0.05) is 5.16 Å². The van der Waals surface area contributed by atoms with Crippen LogP contribution < -0.4 is 0 Å². The van der Waals surface area contributed by atoms with Crippen molar-refractivity contribution < 1.29 is 18.0 Å². The molecule has 0 spiro atoms. The van der Waals surface area contributed by atoms with Crippen LogP contribution in [0, 0.1) is 34.0 Å². The van der Waals surface area contributed by atoms with E-state index in [2.05, 4.69) is 5.16 Å². The molecule has 1 fully saturated rings. The average molecular weight is 343 g/mol.